The zero-order valence-corrected chi connectivity index (χ0v) is 41.3. The van der Waals surface area contributed by atoms with E-state index in [4.69, 9.17) is 0 Å². The van der Waals surface area contributed by atoms with E-state index in [0.717, 1.165) is 92.7 Å². The van der Waals surface area contributed by atoms with Gasteiger partial charge >= 0.3 is 0 Å². The molecule has 0 amide bonds. The van der Waals surface area contributed by atoms with Crippen molar-refractivity contribution in [3.8, 4) is 0 Å². The van der Waals surface area contributed by atoms with Crippen LogP contribution in [-0.2, 0) is 25.7 Å². The number of aromatic nitrogens is 4. The average Bonchev–Trinajstić information content (AvgIpc) is 4.30. The Bertz CT molecular complexity index is 3280. The van der Waals surface area contributed by atoms with Gasteiger partial charge in [0.1, 0.15) is 0 Å². The van der Waals surface area contributed by atoms with Crippen molar-refractivity contribution in [2.75, 3.05) is 20.0 Å². The Labute approximate surface area is 421 Å². The third kappa shape index (κ3) is 7.37. The lowest BCUT2D eigenvalue weighted by atomic mass is 9.90. The maximum Gasteiger partial charge on any atom is 0.0737 e. The molecule has 0 aliphatic carbocycles. The first-order chi connectivity index (χ1) is 35.6. The summed E-state index contributed by atoms with van der Waals surface area (Å²) in [7, 11) is 0. The number of anilines is 8. The van der Waals surface area contributed by atoms with E-state index >= 15 is 0 Å². The van der Waals surface area contributed by atoms with E-state index in [1.54, 1.807) is 0 Å². The molecule has 8 aromatic carbocycles. The monoisotopic (exact) mass is 938 g/mol. The second-order valence-corrected chi connectivity index (χ2v) is 18.3. The maximum absolute atomic E-state index is 2.43. The van der Waals surface area contributed by atoms with E-state index in [2.05, 4.69) is 297 Å². The number of benzene rings is 8. The summed E-state index contributed by atoms with van der Waals surface area (Å²) in [6.45, 7) is 8.96. The van der Waals surface area contributed by atoms with Gasteiger partial charge < -0.3 is 0 Å². The Morgan fingerprint density at radius 2 is 0.486 bits per heavy atom. The van der Waals surface area contributed by atoms with Gasteiger partial charge in [-0.05, 0) is 135 Å². The molecular formula is C64H58N8. The van der Waals surface area contributed by atoms with Crippen LogP contribution >= 0.6 is 0 Å². The van der Waals surface area contributed by atoms with Crippen molar-refractivity contribution in [3.05, 3.63) is 254 Å². The zero-order valence-electron chi connectivity index (χ0n) is 41.3. The van der Waals surface area contributed by atoms with Gasteiger partial charge in [0.15, 0.2) is 0 Å². The first kappa shape index (κ1) is 44.3. The predicted octanol–water partition coefficient (Wildman–Crippen LogP) is 16.4. The van der Waals surface area contributed by atoms with E-state index in [0.29, 0.717) is 0 Å². The van der Waals surface area contributed by atoms with E-state index < -0.39 is 0 Å². The van der Waals surface area contributed by atoms with Crippen LogP contribution in [0.3, 0.4) is 0 Å². The van der Waals surface area contributed by atoms with Gasteiger partial charge in [-0.15, -0.1) is 0 Å². The molecule has 8 nitrogen and oxygen atoms in total. The second kappa shape index (κ2) is 18.8. The minimum Gasteiger partial charge on any atom is -0.260 e. The van der Waals surface area contributed by atoms with Crippen LogP contribution in [0, 0.1) is 0 Å². The normalized spacial score (nSPS) is 11.6. The van der Waals surface area contributed by atoms with Crippen LogP contribution in [0.2, 0.25) is 0 Å². The molecule has 0 fully saturated rings. The number of aryl methyl sites for hydroxylation is 4. The van der Waals surface area contributed by atoms with Crippen molar-refractivity contribution >= 4 is 77.8 Å². The zero-order chi connectivity index (χ0) is 48.7. The molecule has 72 heavy (non-hydrogen) atoms. The van der Waals surface area contributed by atoms with E-state index in [9.17, 15) is 0 Å². The summed E-state index contributed by atoms with van der Waals surface area (Å²) >= 11 is 0. The van der Waals surface area contributed by atoms with E-state index in [1.165, 1.54) is 33.5 Å². The van der Waals surface area contributed by atoms with Crippen molar-refractivity contribution in [3.63, 3.8) is 0 Å². The van der Waals surface area contributed by atoms with E-state index in [1.807, 2.05) is 0 Å². The Morgan fingerprint density at radius 1 is 0.264 bits per heavy atom. The van der Waals surface area contributed by atoms with Crippen molar-refractivity contribution < 1.29 is 0 Å². The molecule has 0 N–H and O–H groups in total. The highest BCUT2D eigenvalue weighted by Crippen LogP contribution is 2.52. The molecule has 12 rings (SSSR count). The van der Waals surface area contributed by atoms with Crippen LogP contribution < -0.4 is 20.0 Å². The van der Waals surface area contributed by atoms with Gasteiger partial charge in [0.2, 0.25) is 0 Å². The fourth-order valence-corrected chi connectivity index (χ4v) is 10.9. The van der Waals surface area contributed by atoms with Gasteiger partial charge in [0.25, 0.3) is 0 Å². The van der Waals surface area contributed by atoms with Gasteiger partial charge in [0.05, 0.1) is 45.5 Å². The summed E-state index contributed by atoms with van der Waals surface area (Å²) in [4.78, 5) is 0. The summed E-state index contributed by atoms with van der Waals surface area (Å²) in [5, 5.41) is 16.6. The van der Waals surface area contributed by atoms with Crippen LogP contribution in [0.15, 0.2) is 231 Å². The first-order valence-corrected chi connectivity index (χ1v) is 25.4. The fourth-order valence-electron chi connectivity index (χ4n) is 10.9. The number of hydrogen-bond acceptors (Lipinski definition) is 4. The van der Waals surface area contributed by atoms with Crippen molar-refractivity contribution in [1.29, 1.82) is 0 Å². The van der Waals surface area contributed by atoms with Gasteiger partial charge in [-0.2, -0.15) is 0 Å². The summed E-state index contributed by atoms with van der Waals surface area (Å²) in [6.07, 6.45) is 12.3. The molecule has 0 unspecified atom stereocenters. The number of nitrogens with zero attached hydrogens (tertiary/aromatic N) is 8. The Balaban J connectivity index is 1.30. The molecular weight excluding hydrogens is 881 g/mol. The number of rotatable bonds is 16. The van der Waals surface area contributed by atoms with Gasteiger partial charge in [-0.1, -0.05) is 125 Å². The van der Waals surface area contributed by atoms with Crippen molar-refractivity contribution in [2.45, 2.75) is 53.4 Å². The van der Waals surface area contributed by atoms with Crippen LogP contribution in [0.25, 0.3) is 32.3 Å². The molecule has 0 saturated heterocycles. The topological polar surface area (TPSA) is 32.7 Å². The highest BCUT2D eigenvalue weighted by atomic mass is 15.6. The quantitative estimate of drug-likeness (QED) is 0.0904. The smallest absolute Gasteiger partial charge is 0.0737 e. The molecule has 4 aromatic heterocycles. The van der Waals surface area contributed by atoms with Gasteiger partial charge in [0, 0.05) is 79.9 Å². The standard InChI is InChI=1S/C64H58N8/c1-5-47-33-21-41-65(47)69(51-25-13-9-14-26-51)59-45-60(70(52-27-15-10-16-28-52)66-42-22-34-48(66)6-2)56-39-40-58-62(72(54-31-19-12-20-32-54)68-44-24-36-50(68)8-4)46-61(57-38-37-55(59)63(56)64(57)58)71(53-29-17-11-18-30-53)67-43-23-35-49(67)7-3/h9-46H,5-8H2,1-4H3. The molecule has 8 heteroatoms. The Morgan fingerprint density at radius 3 is 0.694 bits per heavy atom. The van der Waals surface area contributed by atoms with Crippen LogP contribution in [0.4, 0.5) is 45.5 Å². The number of para-hydroxylation sites is 4. The second-order valence-electron chi connectivity index (χ2n) is 18.3. The molecule has 4 heterocycles. The summed E-state index contributed by atoms with van der Waals surface area (Å²) < 4.78 is 9.36. The molecule has 0 radical (unpaired) electrons. The summed E-state index contributed by atoms with van der Waals surface area (Å²) in [6, 6.07) is 75.4. The van der Waals surface area contributed by atoms with Crippen LogP contribution in [0.5, 0.6) is 0 Å². The van der Waals surface area contributed by atoms with Gasteiger partial charge in [-0.25, -0.2) is 20.0 Å². The molecule has 354 valence electrons. The molecule has 0 atom stereocenters. The fraction of sp³-hybridized carbons (Fsp3) is 0.125. The van der Waals surface area contributed by atoms with Crippen molar-refractivity contribution in [1.82, 2.24) is 18.7 Å². The van der Waals surface area contributed by atoms with Crippen LogP contribution in [0.1, 0.15) is 50.5 Å². The number of hydrogen-bond donors (Lipinski definition) is 0. The molecule has 0 saturated carbocycles. The minimum absolute atomic E-state index is 0.865. The minimum atomic E-state index is 0.865. The predicted molar refractivity (Wildman–Crippen MR) is 301 cm³/mol. The molecule has 12 aromatic rings. The lowest BCUT2D eigenvalue weighted by molar-refractivity contribution is 0.760. The molecule has 0 aliphatic heterocycles. The molecule has 0 spiro atoms. The van der Waals surface area contributed by atoms with E-state index in [-0.39, 0.29) is 0 Å². The third-order valence-corrected chi connectivity index (χ3v) is 14.3. The molecule has 0 bridgehead atoms. The van der Waals surface area contributed by atoms with Gasteiger partial charge in [-0.3, -0.25) is 18.7 Å². The lowest BCUT2D eigenvalue weighted by Crippen LogP contribution is -2.29. The highest BCUT2D eigenvalue weighted by molar-refractivity contribution is 6.32. The Hall–Kier alpha value is -8.88. The lowest BCUT2D eigenvalue weighted by Gasteiger charge is -2.36. The maximum atomic E-state index is 2.43. The summed E-state index contributed by atoms with van der Waals surface area (Å²) in [5.41, 5.74) is 13.4. The third-order valence-electron chi connectivity index (χ3n) is 14.3. The van der Waals surface area contributed by atoms with Crippen molar-refractivity contribution in [2.24, 2.45) is 0 Å². The molecule has 0 aliphatic rings. The SMILES string of the molecule is CCc1cccn1N(c1ccccc1)c1cc(N(c2ccccc2)n2cccc2CC)c2ccc3c(N(c4ccccc4)n4cccc4CC)cc(N(c4ccccc4)n4cccc4CC)c4ccc1c2c43. The van der Waals surface area contributed by atoms with Crippen LogP contribution in [-0.4, -0.2) is 18.7 Å². The summed E-state index contributed by atoms with van der Waals surface area (Å²) in [5.74, 6) is 0. The highest BCUT2D eigenvalue weighted by Gasteiger charge is 2.30. The Kier molecular flexibility index (Phi) is 11.6. The first-order valence-electron chi connectivity index (χ1n) is 25.4. The largest absolute Gasteiger partial charge is 0.260 e. The average molecular weight is 939 g/mol.